The van der Waals surface area contributed by atoms with Crippen molar-refractivity contribution >= 4 is 23.2 Å². The van der Waals surface area contributed by atoms with Gasteiger partial charge in [-0.3, -0.25) is 9.59 Å². The Morgan fingerprint density at radius 3 is 2.35 bits per heavy atom. The van der Waals surface area contributed by atoms with Crippen molar-refractivity contribution in [1.29, 1.82) is 0 Å². The molecule has 0 radical (unpaired) electrons. The number of anilines is 2. The van der Waals surface area contributed by atoms with Crippen LogP contribution in [0.4, 0.5) is 11.4 Å². The summed E-state index contributed by atoms with van der Waals surface area (Å²) in [7, 11) is 0. The van der Waals surface area contributed by atoms with Crippen LogP contribution < -0.4 is 16.0 Å². The lowest BCUT2D eigenvalue weighted by atomic mass is 9.95. The molecule has 5 heteroatoms. The molecule has 124 valence electrons. The van der Waals surface area contributed by atoms with Crippen molar-refractivity contribution < 1.29 is 9.59 Å². The second-order valence-corrected chi connectivity index (χ2v) is 6.59. The molecule has 1 aromatic carbocycles. The van der Waals surface area contributed by atoms with Crippen LogP contribution in [-0.4, -0.2) is 24.4 Å². The average molecular weight is 315 g/mol. The number of carbonyl (C=O) groups is 2. The summed E-state index contributed by atoms with van der Waals surface area (Å²) in [6, 6.07) is 8.49. The Morgan fingerprint density at radius 2 is 1.70 bits per heavy atom. The number of nitrogens with one attached hydrogen (secondary N) is 3. The van der Waals surface area contributed by atoms with E-state index in [1.54, 1.807) is 0 Å². The highest BCUT2D eigenvalue weighted by Crippen LogP contribution is 2.23. The minimum Gasteiger partial charge on any atom is -0.382 e. The molecule has 2 fully saturated rings. The summed E-state index contributed by atoms with van der Waals surface area (Å²) in [6.07, 6.45) is 7.51. The predicted molar refractivity (Wildman–Crippen MR) is 91.3 cm³/mol. The number of benzene rings is 1. The Kier molecular flexibility index (Phi) is 5.16. The van der Waals surface area contributed by atoms with Gasteiger partial charge in [0, 0.05) is 30.4 Å². The Hall–Kier alpha value is -2.04. The third-order valence-electron chi connectivity index (χ3n) is 4.76. The van der Waals surface area contributed by atoms with Gasteiger partial charge >= 0.3 is 0 Å². The van der Waals surface area contributed by atoms with E-state index < -0.39 is 0 Å². The van der Waals surface area contributed by atoms with Crippen molar-refractivity contribution in [2.75, 3.05) is 17.2 Å². The summed E-state index contributed by atoms with van der Waals surface area (Å²) in [4.78, 5) is 23.3. The smallest absolute Gasteiger partial charge is 0.229 e. The van der Waals surface area contributed by atoms with Gasteiger partial charge in [-0.2, -0.15) is 0 Å². The van der Waals surface area contributed by atoms with Gasteiger partial charge in [-0.05, 0) is 43.5 Å². The fraction of sp³-hybridized carbons (Fsp3) is 0.556. The molecule has 0 aromatic heterocycles. The van der Waals surface area contributed by atoms with Crippen molar-refractivity contribution in [3.63, 3.8) is 0 Å². The van der Waals surface area contributed by atoms with Crippen LogP contribution in [0.15, 0.2) is 24.3 Å². The fourth-order valence-electron chi connectivity index (χ4n) is 3.33. The lowest BCUT2D eigenvalue weighted by Crippen LogP contribution is -2.40. The molecule has 1 aliphatic heterocycles. The van der Waals surface area contributed by atoms with Crippen molar-refractivity contribution in [2.24, 2.45) is 5.92 Å². The molecule has 0 spiro atoms. The molecule has 1 unspecified atom stereocenters. The number of hydrogen-bond acceptors (Lipinski definition) is 3. The molecule has 2 aliphatic rings. The fourth-order valence-corrected chi connectivity index (χ4v) is 3.33. The highest BCUT2D eigenvalue weighted by molar-refractivity contribution is 5.94. The number of piperidine rings is 1. The van der Waals surface area contributed by atoms with Crippen LogP contribution in [-0.2, 0) is 9.59 Å². The topological polar surface area (TPSA) is 70.2 Å². The van der Waals surface area contributed by atoms with Crippen LogP contribution in [0.2, 0.25) is 0 Å². The number of amides is 2. The minimum absolute atomic E-state index is 0.0158. The first-order valence-corrected chi connectivity index (χ1v) is 8.65. The standard InChI is InChI=1S/C18H25N3O2/c22-17-11-6-13(12-19-17)18(23)21-16-9-7-15(8-10-16)20-14-4-2-1-3-5-14/h7-10,13-14,20H,1-6,11-12H2,(H,19,22)(H,21,23). The maximum Gasteiger partial charge on any atom is 0.229 e. The van der Waals surface area contributed by atoms with E-state index in [-0.39, 0.29) is 17.7 Å². The Bertz CT molecular complexity index is 540. The summed E-state index contributed by atoms with van der Waals surface area (Å²) < 4.78 is 0. The lowest BCUT2D eigenvalue weighted by molar-refractivity contribution is -0.126. The monoisotopic (exact) mass is 315 g/mol. The number of rotatable bonds is 4. The zero-order valence-corrected chi connectivity index (χ0v) is 13.4. The van der Waals surface area contributed by atoms with E-state index in [4.69, 9.17) is 0 Å². The summed E-state index contributed by atoms with van der Waals surface area (Å²) in [5.41, 5.74) is 1.92. The summed E-state index contributed by atoms with van der Waals surface area (Å²) in [5, 5.41) is 9.25. The second kappa shape index (κ2) is 7.49. The van der Waals surface area contributed by atoms with Crippen LogP contribution in [0.3, 0.4) is 0 Å². The van der Waals surface area contributed by atoms with Gasteiger partial charge in [-0.25, -0.2) is 0 Å². The SMILES string of the molecule is O=C1CCC(C(=O)Nc2ccc(NC3CCCCC3)cc2)CN1. The first-order valence-electron chi connectivity index (χ1n) is 8.65. The average Bonchev–Trinajstić information content (AvgIpc) is 2.58. The lowest BCUT2D eigenvalue weighted by Gasteiger charge is -2.24. The van der Waals surface area contributed by atoms with E-state index in [9.17, 15) is 9.59 Å². The molecule has 2 amide bonds. The predicted octanol–water partition coefficient (Wildman–Crippen LogP) is 2.90. The molecule has 1 heterocycles. The van der Waals surface area contributed by atoms with Crippen molar-refractivity contribution in [3.8, 4) is 0 Å². The molecule has 1 saturated heterocycles. The molecule has 3 rings (SSSR count). The first-order chi connectivity index (χ1) is 11.2. The van der Waals surface area contributed by atoms with E-state index in [1.807, 2.05) is 24.3 Å². The molecule has 23 heavy (non-hydrogen) atoms. The van der Waals surface area contributed by atoms with E-state index in [0.29, 0.717) is 25.4 Å². The van der Waals surface area contributed by atoms with Crippen LogP contribution >= 0.6 is 0 Å². The molecule has 1 aromatic rings. The number of carbonyl (C=O) groups excluding carboxylic acids is 2. The van der Waals surface area contributed by atoms with Gasteiger partial charge in [0.25, 0.3) is 0 Å². The highest BCUT2D eigenvalue weighted by Gasteiger charge is 2.24. The van der Waals surface area contributed by atoms with Crippen molar-refractivity contribution in [3.05, 3.63) is 24.3 Å². The summed E-state index contributed by atoms with van der Waals surface area (Å²) in [6.45, 7) is 0.436. The molecule has 1 aliphatic carbocycles. The summed E-state index contributed by atoms with van der Waals surface area (Å²) >= 11 is 0. The Morgan fingerprint density at radius 1 is 1.00 bits per heavy atom. The van der Waals surface area contributed by atoms with E-state index in [1.165, 1.54) is 32.1 Å². The molecule has 0 bridgehead atoms. The van der Waals surface area contributed by atoms with Gasteiger partial charge < -0.3 is 16.0 Å². The third-order valence-corrected chi connectivity index (χ3v) is 4.76. The van der Waals surface area contributed by atoms with Crippen LogP contribution in [0, 0.1) is 5.92 Å². The second-order valence-electron chi connectivity index (χ2n) is 6.59. The zero-order valence-electron chi connectivity index (χ0n) is 13.4. The van der Waals surface area contributed by atoms with Crippen molar-refractivity contribution in [2.45, 2.75) is 51.0 Å². The minimum atomic E-state index is -0.132. The first kappa shape index (κ1) is 15.8. The molecule has 3 N–H and O–H groups in total. The van der Waals surface area contributed by atoms with E-state index in [2.05, 4.69) is 16.0 Å². The summed E-state index contributed by atoms with van der Waals surface area (Å²) in [5.74, 6) is -0.113. The Balaban J connectivity index is 1.50. The van der Waals surface area contributed by atoms with Gasteiger partial charge in [0.1, 0.15) is 0 Å². The van der Waals surface area contributed by atoms with Crippen molar-refractivity contribution in [1.82, 2.24) is 5.32 Å². The van der Waals surface area contributed by atoms with E-state index in [0.717, 1.165) is 11.4 Å². The van der Waals surface area contributed by atoms with Gasteiger partial charge in [0.05, 0.1) is 5.92 Å². The molecular weight excluding hydrogens is 290 g/mol. The largest absolute Gasteiger partial charge is 0.382 e. The molecular formula is C18H25N3O2. The molecule has 1 saturated carbocycles. The zero-order chi connectivity index (χ0) is 16.1. The van der Waals surface area contributed by atoms with Gasteiger partial charge in [-0.1, -0.05) is 19.3 Å². The maximum absolute atomic E-state index is 12.2. The normalized spacial score (nSPS) is 22.3. The molecule has 5 nitrogen and oxygen atoms in total. The number of hydrogen-bond donors (Lipinski definition) is 3. The van der Waals surface area contributed by atoms with Crippen LogP contribution in [0.25, 0.3) is 0 Å². The molecule has 1 atom stereocenters. The van der Waals surface area contributed by atoms with Crippen LogP contribution in [0.1, 0.15) is 44.9 Å². The van der Waals surface area contributed by atoms with E-state index >= 15 is 0 Å². The van der Waals surface area contributed by atoms with Gasteiger partial charge in [0.2, 0.25) is 11.8 Å². The third kappa shape index (κ3) is 4.47. The van der Waals surface area contributed by atoms with Gasteiger partial charge in [0.15, 0.2) is 0 Å². The highest BCUT2D eigenvalue weighted by atomic mass is 16.2. The maximum atomic E-state index is 12.2. The van der Waals surface area contributed by atoms with Crippen LogP contribution in [0.5, 0.6) is 0 Å². The van der Waals surface area contributed by atoms with Gasteiger partial charge in [-0.15, -0.1) is 0 Å². The Labute approximate surface area is 137 Å². The quantitative estimate of drug-likeness (QED) is 0.800.